The first-order chi connectivity index (χ1) is 13.1. The monoisotopic (exact) mass is 366 g/mol. The Labute approximate surface area is 162 Å². The van der Waals surface area contributed by atoms with Crippen molar-refractivity contribution >= 4 is 23.0 Å². The summed E-state index contributed by atoms with van der Waals surface area (Å²) in [5, 5.41) is 3.35. The summed E-state index contributed by atoms with van der Waals surface area (Å²) in [7, 11) is 0. The summed E-state index contributed by atoms with van der Waals surface area (Å²) < 4.78 is 0. The van der Waals surface area contributed by atoms with Gasteiger partial charge in [0.05, 0.1) is 11.9 Å². The van der Waals surface area contributed by atoms with Crippen molar-refractivity contribution in [3.05, 3.63) is 48.3 Å². The maximum atomic E-state index is 12.6. The lowest BCUT2D eigenvalue weighted by molar-refractivity contribution is 0.0691. The molecule has 0 saturated carbocycles. The van der Waals surface area contributed by atoms with E-state index in [0.717, 1.165) is 50.4 Å². The lowest BCUT2D eigenvalue weighted by Crippen LogP contribution is -2.38. The second kappa shape index (κ2) is 8.89. The molecule has 3 rings (SSSR count). The van der Waals surface area contributed by atoms with E-state index in [1.54, 1.807) is 6.20 Å². The first kappa shape index (κ1) is 19.2. The van der Waals surface area contributed by atoms with Crippen molar-refractivity contribution in [2.75, 3.05) is 36.4 Å². The van der Waals surface area contributed by atoms with E-state index in [1.165, 1.54) is 5.69 Å². The van der Waals surface area contributed by atoms with Gasteiger partial charge >= 0.3 is 0 Å². The Morgan fingerprint density at radius 2 is 1.70 bits per heavy atom. The van der Waals surface area contributed by atoms with Crippen molar-refractivity contribution in [3.8, 4) is 0 Å². The van der Waals surface area contributed by atoms with Crippen LogP contribution in [0.15, 0.2) is 42.6 Å². The molecule has 1 aliphatic rings. The van der Waals surface area contributed by atoms with Gasteiger partial charge in [0.25, 0.3) is 5.91 Å². The Balaban J connectivity index is 1.61. The van der Waals surface area contributed by atoms with E-state index >= 15 is 0 Å². The zero-order valence-electron chi connectivity index (χ0n) is 16.6. The summed E-state index contributed by atoms with van der Waals surface area (Å²) in [4.78, 5) is 21.2. The first-order valence-electron chi connectivity index (χ1n) is 9.98. The molecule has 144 valence electrons. The van der Waals surface area contributed by atoms with Crippen molar-refractivity contribution in [1.82, 2.24) is 9.88 Å². The fraction of sp³-hybridized carbons (Fsp3) is 0.455. The second-order valence-electron chi connectivity index (χ2n) is 7.25. The van der Waals surface area contributed by atoms with Crippen LogP contribution in [0.4, 0.5) is 17.1 Å². The number of benzene rings is 1. The minimum atomic E-state index is 0.0389. The molecule has 1 aromatic carbocycles. The van der Waals surface area contributed by atoms with Crippen LogP contribution >= 0.6 is 0 Å². The predicted octanol–water partition coefficient (Wildman–Crippen LogP) is 4.54. The third-order valence-electron chi connectivity index (χ3n) is 5.34. The van der Waals surface area contributed by atoms with Crippen molar-refractivity contribution in [2.24, 2.45) is 5.92 Å². The van der Waals surface area contributed by atoms with Gasteiger partial charge < -0.3 is 15.1 Å². The molecular weight excluding hydrogens is 336 g/mol. The Hall–Kier alpha value is -2.56. The number of hydrogen-bond acceptors (Lipinski definition) is 4. The third-order valence-corrected chi connectivity index (χ3v) is 5.34. The third kappa shape index (κ3) is 4.79. The zero-order valence-corrected chi connectivity index (χ0v) is 16.6. The lowest BCUT2D eigenvalue weighted by atomic mass is 9.99. The van der Waals surface area contributed by atoms with Crippen LogP contribution in [0.2, 0.25) is 0 Å². The van der Waals surface area contributed by atoms with E-state index in [1.807, 2.05) is 17.0 Å². The van der Waals surface area contributed by atoms with Crippen LogP contribution in [0.25, 0.3) is 0 Å². The number of carbonyl (C=O) groups is 1. The number of pyridine rings is 1. The molecule has 0 bridgehead atoms. The highest BCUT2D eigenvalue weighted by molar-refractivity contribution is 5.92. The van der Waals surface area contributed by atoms with E-state index < -0.39 is 0 Å². The van der Waals surface area contributed by atoms with Crippen molar-refractivity contribution in [1.29, 1.82) is 0 Å². The second-order valence-corrected chi connectivity index (χ2v) is 7.25. The van der Waals surface area contributed by atoms with Crippen LogP contribution in [0.3, 0.4) is 0 Å². The number of anilines is 3. The molecule has 2 heterocycles. The van der Waals surface area contributed by atoms with Gasteiger partial charge in [-0.1, -0.05) is 6.92 Å². The molecule has 1 amide bonds. The van der Waals surface area contributed by atoms with Crippen LogP contribution in [-0.2, 0) is 0 Å². The molecule has 0 radical (unpaired) electrons. The highest BCUT2D eigenvalue weighted by Gasteiger charge is 2.22. The molecule has 0 aliphatic carbocycles. The van der Waals surface area contributed by atoms with Crippen LogP contribution in [0, 0.1) is 5.92 Å². The van der Waals surface area contributed by atoms with Crippen LogP contribution in [0.5, 0.6) is 0 Å². The summed E-state index contributed by atoms with van der Waals surface area (Å²) in [6.45, 7) is 10.2. The highest BCUT2D eigenvalue weighted by Crippen LogP contribution is 2.22. The zero-order chi connectivity index (χ0) is 19.2. The van der Waals surface area contributed by atoms with Gasteiger partial charge in [-0.3, -0.25) is 4.79 Å². The van der Waals surface area contributed by atoms with Crippen molar-refractivity contribution < 1.29 is 4.79 Å². The maximum Gasteiger partial charge on any atom is 0.272 e. The van der Waals surface area contributed by atoms with Gasteiger partial charge in [0.1, 0.15) is 5.69 Å². The fourth-order valence-corrected chi connectivity index (χ4v) is 3.48. The Kier molecular flexibility index (Phi) is 6.32. The normalized spacial score (nSPS) is 14.9. The number of rotatable bonds is 6. The molecule has 0 spiro atoms. The highest BCUT2D eigenvalue weighted by atomic mass is 16.2. The predicted molar refractivity (Wildman–Crippen MR) is 112 cm³/mol. The smallest absolute Gasteiger partial charge is 0.272 e. The van der Waals surface area contributed by atoms with Crippen molar-refractivity contribution in [3.63, 3.8) is 0 Å². The average Bonchev–Trinajstić information content (AvgIpc) is 2.71. The number of piperidine rings is 1. The molecule has 27 heavy (non-hydrogen) atoms. The van der Waals surface area contributed by atoms with Gasteiger partial charge in [0, 0.05) is 37.6 Å². The molecule has 1 aromatic heterocycles. The molecule has 1 N–H and O–H groups in total. The van der Waals surface area contributed by atoms with Gasteiger partial charge in [0.15, 0.2) is 0 Å². The standard InChI is InChI=1S/C22H30N4O/c1-4-25(5-2)20-9-6-18(7-10-20)24-19-8-11-21(23-16-19)22(27)26-14-12-17(3)13-15-26/h6-11,16-17,24H,4-5,12-15H2,1-3H3. The molecule has 5 heteroatoms. The van der Waals surface area contributed by atoms with Crippen LogP contribution in [-0.4, -0.2) is 42.0 Å². The molecule has 1 fully saturated rings. The van der Waals surface area contributed by atoms with Gasteiger partial charge in [0.2, 0.25) is 0 Å². The minimum absolute atomic E-state index is 0.0389. The van der Waals surface area contributed by atoms with Crippen LogP contribution in [0.1, 0.15) is 44.1 Å². The quantitative estimate of drug-likeness (QED) is 0.815. The Morgan fingerprint density at radius 1 is 1.07 bits per heavy atom. The summed E-state index contributed by atoms with van der Waals surface area (Å²) in [6, 6.07) is 12.1. The number of aromatic nitrogens is 1. The Bertz CT molecular complexity index is 730. The van der Waals surface area contributed by atoms with Gasteiger partial charge in [-0.05, 0) is 69.0 Å². The van der Waals surface area contributed by atoms with Crippen LogP contribution < -0.4 is 10.2 Å². The van der Waals surface area contributed by atoms with E-state index in [-0.39, 0.29) is 5.91 Å². The van der Waals surface area contributed by atoms with E-state index in [0.29, 0.717) is 11.6 Å². The number of carbonyl (C=O) groups excluding carboxylic acids is 1. The molecule has 1 aliphatic heterocycles. The molecule has 0 atom stereocenters. The number of hydrogen-bond donors (Lipinski definition) is 1. The number of nitrogens with one attached hydrogen (secondary N) is 1. The molecular formula is C22H30N4O. The minimum Gasteiger partial charge on any atom is -0.372 e. The average molecular weight is 367 g/mol. The number of likely N-dealkylation sites (tertiary alicyclic amines) is 1. The Morgan fingerprint density at radius 3 is 2.26 bits per heavy atom. The summed E-state index contributed by atoms with van der Waals surface area (Å²) >= 11 is 0. The molecule has 5 nitrogen and oxygen atoms in total. The number of amides is 1. The fourth-order valence-electron chi connectivity index (χ4n) is 3.48. The van der Waals surface area contributed by atoms with Crippen molar-refractivity contribution in [2.45, 2.75) is 33.6 Å². The maximum absolute atomic E-state index is 12.6. The molecule has 1 saturated heterocycles. The van der Waals surface area contributed by atoms with Gasteiger partial charge in [-0.2, -0.15) is 0 Å². The summed E-state index contributed by atoms with van der Waals surface area (Å²) in [5.74, 6) is 0.749. The molecule has 0 unspecified atom stereocenters. The summed E-state index contributed by atoms with van der Waals surface area (Å²) in [5.41, 5.74) is 3.64. The lowest BCUT2D eigenvalue weighted by Gasteiger charge is -2.30. The van der Waals surface area contributed by atoms with Gasteiger partial charge in [-0.25, -0.2) is 4.98 Å². The SMILES string of the molecule is CCN(CC)c1ccc(Nc2ccc(C(=O)N3CCC(C)CC3)nc2)cc1. The van der Waals surface area contributed by atoms with E-state index in [4.69, 9.17) is 0 Å². The largest absolute Gasteiger partial charge is 0.372 e. The van der Waals surface area contributed by atoms with E-state index in [9.17, 15) is 4.79 Å². The topological polar surface area (TPSA) is 48.5 Å². The molecule has 2 aromatic rings. The first-order valence-corrected chi connectivity index (χ1v) is 9.98. The van der Waals surface area contributed by atoms with Gasteiger partial charge in [-0.15, -0.1) is 0 Å². The van der Waals surface area contributed by atoms with E-state index in [2.05, 4.69) is 60.2 Å². The summed E-state index contributed by atoms with van der Waals surface area (Å²) in [6.07, 6.45) is 3.89. The number of nitrogens with zero attached hydrogens (tertiary/aromatic N) is 3.